The van der Waals surface area contributed by atoms with Crippen LogP contribution in [-0.2, 0) is 6.42 Å². The van der Waals surface area contributed by atoms with E-state index < -0.39 is 5.78 Å². The van der Waals surface area contributed by atoms with E-state index in [0.717, 1.165) is 60.7 Å². The van der Waals surface area contributed by atoms with Gasteiger partial charge in [-0.15, -0.1) is 22.7 Å². The van der Waals surface area contributed by atoms with Crippen molar-refractivity contribution in [2.45, 2.75) is 32.6 Å². The van der Waals surface area contributed by atoms with Crippen LogP contribution in [0.25, 0.3) is 0 Å². The molecule has 2 aliphatic carbocycles. The van der Waals surface area contributed by atoms with Crippen LogP contribution in [0.2, 0.25) is 0 Å². The molecule has 1 aromatic carbocycles. The van der Waals surface area contributed by atoms with Crippen LogP contribution in [0.15, 0.2) is 41.7 Å². The van der Waals surface area contributed by atoms with Gasteiger partial charge in [0.1, 0.15) is 26.9 Å². The molecule has 0 radical (unpaired) electrons. The number of aromatic nitrogens is 2. The van der Waals surface area contributed by atoms with Crippen LogP contribution in [-0.4, -0.2) is 90.8 Å². The molecule has 0 fully saturated rings. The van der Waals surface area contributed by atoms with E-state index in [2.05, 4.69) is 25.5 Å². The number of ether oxygens (including phenoxy) is 1. The average molecular weight is 675 g/mol. The molecule has 0 saturated carbocycles. The Morgan fingerprint density at radius 1 is 0.936 bits per heavy atom. The smallest absolute Gasteiger partial charge is 0.287 e. The van der Waals surface area contributed by atoms with Crippen molar-refractivity contribution in [3.8, 4) is 5.75 Å². The summed E-state index contributed by atoms with van der Waals surface area (Å²) in [7, 11) is 3.58. The summed E-state index contributed by atoms with van der Waals surface area (Å²) in [4.78, 5) is 77.6. The lowest BCUT2D eigenvalue weighted by Gasteiger charge is -2.29. The molecule has 3 aromatic rings. The standard InChI is InChI=1S/C33H34N6O6S2/c1-18-36-26-28(42)21(16-24(40)30(26)46-18)34-10-5-12-38(2)13-6-11-35-22-17-25(41)31-27(29(22)43)37-32(47-31)33(44)39-14-4-7-19-15-20(45-3)8-9-23(19)39/h8-9,15-17,34-35H,4-7,10-14H2,1-3H3. The number of ketones is 4. The summed E-state index contributed by atoms with van der Waals surface area (Å²) < 4.78 is 5.32. The zero-order valence-corrected chi connectivity index (χ0v) is 27.9. The number of carbonyl (C=O) groups is 5. The van der Waals surface area contributed by atoms with Gasteiger partial charge in [0, 0.05) is 37.5 Å². The van der Waals surface area contributed by atoms with Crippen LogP contribution in [0.3, 0.4) is 0 Å². The minimum absolute atomic E-state index is 0.0133. The molecule has 47 heavy (non-hydrogen) atoms. The molecule has 0 bridgehead atoms. The van der Waals surface area contributed by atoms with Gasteiger partial charge in [-0.1, -0.05) is 0 Å². The van der Waals surface area contributed by atoms with Gasteiger partial charge in [0.05, 0.1) is 23.5 Å². The van der Waals surface area contributed by atoms with Crippen molar-refractivity contribution in [1.82, 2.24) is 25.5 Å². The maximum atomic E-state index is 13.5. The molecule has 1 amide bonds. The van der Waals surface area contributed by atoms with Crippen molar-refractivity contribution in [3.63, 3.8) is 0 Å². The predicted octanol–water partition coefficient (Wildman–Crippen LogP) is 3.63. The average Bonchev–Trinajstić information content (AvgIpc) is 3.70. The number of methoxy groups -OCH3 is 1. The monoisotopic (exact) mass is 674 g/mol. The van der Waals surface area contributed by atoms with Gasteiger partial charge in [-0.25, -0.2) is 9.97 Å². The molecule has 244 valence electrons. The largest absolute Gasteiger partial charge is 0.497 e. The number of fused-ring (bicyclic) bond motifs is 3. The summed E-state index contributed by atoms with van der Waals surface area (Å²) >= 11 is 2.19. The van der Waals surface area contributed by atoms with Crippen LogP contribution in [0.5, 0.6) is 5.75 Å². The lowest BCUT2D eigenvalue weighted by Crippen LogP contribution is -2.35. The number of amides is 1. The number of Topliss-reactive ketones (excluding diaryl/α,β-unsaturated/α-hetero) is 2. The van der Waals surface area contributed by atoms with Crippen molar-refractivity contribution in [2.75, 3.05) is 51.8 Å². The van der Waals surface area contributed by atoms with Crippen molar-refractivity contribution in [3.05, 3.63) is 78.5 Å². The Hall–Kier alpha value is -4.53. The highest BCUT2D eigenvalue weighted by molar-refractivity contribution is 7.16. The highest BCUT2D eigenvalue weighted by Gasteiger charge is 2.34. The molecule has 0 unspecified atom stereocenters. The van der Waals surface area contributed by atoms with Crippen LogP contribution >= 0.6 is 22.7 Å². The quantitative estimate of drug-likeness (QED) is 0.271. The first-order chi connectivity index (χ1) is 22.6. The van der Waals surface area contributed by atoms with E-state index in [9.17, 15) is 24.0 Å². The Bertz CT molecular complexity index is 1860. The molecule has 1 aliphatic heterocycles. The van der Waals surface area contributed by atoms with Gasteiger partial charge < -0.3 is 25.2 Å². The van der Waals surface area contributed by atoms with Crippen molar-refractivity contribution in [2.24, 2.45) is 0 Å². The second kappa shape index (κ2) is 13.7. The van der Waals surface area contributed by atoms with Crippen molar-refractivity contribution >= 4 is 57.4 Å². The number of carbonyl (C=O) groups excluding carboxylic acids is 5. The second-order valence-electron chi connectivity index (χ2n) is 11.5. The minimum Gasteiger partial charge on any atom is -0.497 e. The first-order valence-corrected chi connectivity index (χ1v) is 17.0. The first-order valence-electron chi connectivity index (χ1n) is 15.4. The Labute approximate surface area is 279 Å². The summed E-state index contributed by atoms with van der Waals surface area (Å²) in [5, 5.41) is 6.96. The Morgan fingerprint density at radius 2 is 1.55 bits per heavy atom. The third kappa shape index (κ3) is 6.66. The minimum atomic E-state index is -0.400. The molecular weight excluding hydrogens is 641 g/mol. The number of benzene rings is 1. The topological polar surface area (TPSA) is 151 Å². The molecule has 3 heterocycles. The number of hydrogen-bond donors (Lipinski definition) is 2. The molecule has 0 saturated heterocycles. The van der Waals surface area contributed by atoms with Crippen molar-refractivity contribution < 1.29 is 28.7 Å². The molecule has 3 aliphatic rings. The van der Waals surface area contributed by atoms with E-state index in [0.29, 0.717) is 35.9 Å². The molecule has 0 spiro atoms. The summed E-state index contributed by atoms with van der Waals surface area (Å²) in [6.45, 7) is 4.76. The number of aryl methyl sites for hydroxylation is 2. The van der Waals surface area contributed by atoms with E-state index in [1.54, 1.807) is 18.9 Å². The highest BCUT2D eigenvalue weighted by Crippen LogP contribution is 2.33. The summed E-state index contributed by atoms with van der Waals surface area (Å²) in [6.07, 6.45) is 5.70. The normalized spacial score (nSPS) is 15.6. The zero-order valence-electron chi connectivity index (χ0n) is 26.3. The Morgan fingerprint density at radius 3 is 2.19 bits per heavy atom. The highest BCUT2D eigenvalue weighted by atomic mass is 32.1. The molecular formula is C33H34N6O6S2. The SMILES string of the molecule is COc1ccc2c(c1)CCCN2C(=O)c1nc2c(s1)C(=O)C=C(NCCCN(C)CCCNC1=CC(=O)c3sc(C)nc3C1=O)C2=O. The predicted molar refractivity (Wildman–Crippen MR) is 178 cm³/mol. The van der Waals surface area contributed by atoms with Gasteiger partial charge in [0.2, 0.25) is 11.6 Å². The molecule has 2 N–H and O–H groups in total. The maximum absolute atomic E-state index is 13.5. The zero-order chi connectivity index (χ0) is 33.2. The molecule has 6 rings (SSSR count). The number of anilines is 1. The Balaban J connectivity index is 0.960. The fourth-order valence-electron chi connectivity index (χ4n) is 5.81. The number of thiazole rings is 2. The van der Waals surface area contributed by atoms with Crippen LogP contribution in [0, 0.1) is 6.92 Å². The molecule has 2 aromatic heterocycles. The first kappa shape index (κ1) is 32.4. The van der Waals surface area contributed by atoms with E-state index in [1.165, 1.54) is 23.5 Å². The molecule has 12 nitrogen and oxygen atoms in total. The number of nitrogens with one attached hydrogen (secondary N) is 2. The summed E-state index contributed by atoms with van der Waals surface area (Å²) in [5.74, 6) is -0.806. The van der Waals surface area contributed by atoms with Gasteiger partial charge in [-0.05, 0) is 76.5 Å². The fraction of sp³-hybridized carbons (Fsp3) is 0.364. The van der Waals surface area contributed by atoms with Crippen molar-refractivity contribution in [1.29, 1.82) is 0 Å². The van der Waals surface area contributed by atoms with Crippen LogP contribution < -0.4 is 20.3 Å². The van der Waals surface area contributed by atoms with Gasteiger partial charge >= 0.3 is 0 Å². The van der Waals surface area contributed by atoms with Gasteiger partial charge in [0.15, 0.2) is 16.6 Å². The fourth-order valence-corrected chi connectivity index (χ4v) is 7.55. The van der Waals surface area contributed by atoms with Crippen LogP contribution in [0.4, 0.5) is 5.69 Å². The number of hydrogen-bond acceptors (Lipinski definition) is 13. The van der Waals surface area contributed by atoms with E-state index >= 15 is 0 Å². The third-order valence-electron chi connectivity index (χ3n) is 8.18. The summed E-state index contributed by atoms with van der Waals surface area (Å²) in [5.41, 5.74) is 2.48. The summed E-state index contributed by atoms with van der Waals surface area (Å²) in [6, 6.07) is 5.59. The van der Waals surface area contributed by atoms with Gasteiger partial charge in [0.25, 0.3) is 5.91 Å². The molecule has 0 atom stereocenters. The Kier molecular flexibility index (Phi) is 9.43. The number of allylic oxidation sites excluding steroid dienone is 4. The number of rotatable bonds is 12. The van der Waals surface area contributed by atoms with E-state index in [1.807, 2.05) is 25.2 Å². The van der Waals surface area contributed by atoms with E-state index in [4.69, 9.17) is 4.74 Å². The lowest BCUT2D eigenvalue weighted by molar-refractivity contribution is 0.0973. The number of nitrogens with zero attached hydrogens (tertiary/aromatic N) is 4. The van der Waals surface area contributed by atoms with Gasteiger partial charge in [-0.3, -0.25) is 24.0 Å². The maximum Gasteiger partial charge on any atom is 0.287 e. The van der Waals surface area contributed by atoms with E-state index in [-0.39, 0.29) is 55.9 Å². The second-order valence-corrected chi connectivity index (χ2v) is 13.7. The third-order valence-corrected chi connectivity index (χ3v) is 10.2. The van der Waals surface area contributed by atoms with Crippen LogP contribution in [0.1, 0.15) is 80.0 Å². The lowest BCUT2D eigenvalue weighted by atomic mass is 10.0. The van der Waals surface area contributed by atoms with Gasteiger partial charge in [-0.2, -0.15) is 0 Å². The molecule has 14 heteroatoms.